The van der Waals surface area contributed by atoms with Gasteiger partial charge in [0.15, 0.2) is 0 Å². The Morgan fingerprint density at radius 3 is 2.19 bits per heavy atom. The number of hydrogen-bond donors (Lipinski definition) is 0. The van der Waals surface area contributed by atoms with E-state index in [1.165, 1.54) is 5.56 Å². The van der Waals surface area contributed by atoms with Crippen LogP contribution in [0.5, 0.6) is 11.5 Å². The molecule has 192 valence electrons. The zero-order valence-corrected chi connectivity index (χ0v) is 21.9. The van der Waals surface area contributed by atoms with Crippen molar-refractivity contribution in [2.45, 2.75) is 18.9 Å². The highest BCUT2D eigenvalue weighted by Gasteiger charge is 2.28. The van der Waals surface area contributed by atoms with Crippen LogP contribution in [0.2, 0.25) is 0 Å². The normalized spacial score (nSPS) is 15.1. The number of hydrogen-bond acceptors (Lipinski definition) is 4. The number of para-hydroxylation sites is 1. The van der Waals surface area contributed by atoms with Crippen LogP contribution in [0.15, 0.2) is 79.0 Å². The fraction of sp³-hybridized carbons (Fsp3) is 0.323. The molecule has 0 N–H and O–H groups in total. The van der Waals surface area contributed by atoms with Crippen molar-refractivity contribution in [3.8, 4) is 11.5 Å². The third kappa shape index (κ3) is 5.49. The lowest BCUT2D eigenvalue weighted by Gasteiger charge is -2.35. The standard InChI is InChI=1S/C31H35N3O3/c1-32-22-29(27-11-7-8-12-30(27)32)28(24-17-25(36-2)19-26(18-24)37-3)20-31(35)34-15-13-33(14-16-34)21-23-9-5-4-6-10-23/h4-12,17-19,22,28H,13-16,20-21H2,1-3H3. The molecular weight excluding hydrogens is 462 g/mol. The van der Waals surface area contributed by atoms with Crippen LogP contribution in [0.25, 0.3) is 10.9 Å². The number of methoxy groups -OCH3 is 2. The summed E-state index contributed by atoms with van der Waals surface area (Å²) in [5.74, 6) is 1.51. The van der Waals surface area contributed by atoms with Crippen LogP contribution in [0, 0.1) is 0 Å². The van der Waals surface area contributed by atoms with Crippen molar-refractivity contribution in [2.24, 2.45) is 7.05 Å². The van der Waals surface area contributed by atoms with E-state index in [0.717, 1.165) is 66.3 Å². The summed E-state index contributed by atoms with van der Waals surface area (Å²) in [6.07, 6.45) is 2.55. The average Bonchev–Trinajstić information content (AvgIpc) is 3.28. The van der Waals surface area contributed by atoms with Gasteiger partial charge in [0.25, 0.3) is 0 Å². The van der Waals surface area contributed by atoms with E-state index in [2.05, 4.69) is 71.2 Å². The molecule has 1 aromatic heterocycles. The molecule has 1 fully saturated rings. The van der Waals surface area contributed by atoms with Gasteiger partial charge in [-0.25, -0.2) is 0 Å². The van der Waals surface area contributed by atoms with Crippen molar-refractivity contribution < 1.29 is 14.3 Å². The van der Waals surface area contributed by atoms with Gasteiger partial charge in [-0.1, -0.05) is 48.5 Å². The quantitative estimate of drug-likeness (QED) is 0.341. The molecular formula is C31H35N3O3. The molecule has 0 bridgehead atoms. The second-order valence-corrected chi connectivity index (χ2v) is 9.76. The molecule has 0 aliphatic carbocycles. The van der Waals surface area contributed by atoms with Gasteiger partial charge in [0, 0.05) is 75.3 Å². The maximum Gasteiger partial charge on any atom is 0.223 e. The second-order valence-electron chi connectivity index (χ2n) is 9.76. The number of carbonyl (C=O) groups excluding carboxylic acids is 1. The van der Waals surface area contributed by atoms with Crippen LogP contribution in [0.1, 0.15) is 29.0 Å². The van der Waals surface area contributed by atoms with Gasteiger partial charge in [-0.05, 0) is 34.9 Å². The fourth-order valence-corrected chi connectivity index (χ4v) is 5.39. The molecule has 4 aromatic rings. The molecule has 0 radical (unpaired) electrons. The highest BCUT2D eigenvalue weighted by atomic mass is 16.5. The van der Waals surface area contributed by atoms with Crippen molar-refractivity contribution in [1.29, 1.82) is 0 Å². The summed E-state index contributed by atoms with van der Waals surface area (Å²) >= 11 is 0. The van der Waals surface area contributed by atoms with Gasteiger partial charge >= 0.3 is 0 Å². The van der Waals surface area contributed by atoms with Gasteiger partial charge in [-0.3, -0.25) is 9.69 Å². The number of amides is 1. The molecule has 1 aliphatic rings. The van der Waals surface area contributed by atoms with Gasteiger partial charge < -0.3 is 18.9 Å². The van der Waals surface area contributed by atoms with Gasteiger partial charge in [0.2, 0.25) is 5.91 Å². The van der Waals surface area contributed by atoms with Crippen molar-refractivity contribution in [2.75, 3.05) is 40.4 Å². The summed E-state index contributed by atoms with van der Waals surface area (Å²) in [5, 5.41) is 1.16. The summed E-state index contributed by atoms with van der Waals surface area (Å²) in [6.45, 7) is 4.18. The molecule has 5 rings (SSSR count). The minimum Gasteiger partial charge on any atom is -0.497 e. The smallest absolute Gasteiger partial charge is 0.223 e. The molecule has 1 saturated heterocycles. The Labute approximate surface area is 219 Å². The average molecular weight is 498 g/mol. The first kappa shape index (κ1) is 24.9. The van der Waals surface area contributed by atoms with Crippen molar-refractivity contribution in [3.05, 3.63) is 95.7 Å². The Kier molecular flexibility index (Phi) is 7.47. The molecule has 1 atom stereocenters. The summed E-state index contributed by atoms with van der Waals surface area (Å²) in [6, 6.07) is 24.8. The third-order valence-electron chi connectivity index (χ3n) is 7.43. The van der Waals surface area contributed by atoms with Crippen LogP contribution >= 0.6 is 0 Å². The molecule has 1 unspecified atom stereocenters. The van der Waals surface area contributed by atoms with Gasteiger partial charge in [-0.2, -0.15) is 0 Å². The molecule has 37 heavy (non-hydrogen) atoms. The van der Waals surface area contributed by atoms with Crippen molar-refractivity contribution in [1.82, 2.24) is 14.4 Å². The summed E-state index contributed by atoms with van der Waals surface area (Å²) in [4.78, 5) is 18.2. The minimum atomic E-state index is -0.120. The van der Waals surface area contributed by atoms with Gasteiger partial charge in [0.05, 0.1) is 14.2 Å². The van der Waals surface area contributed by atoms with E-state index in [9.17, 15) is 4.79 Å². The highest BCUT2D eigenvalue weighted by molar-refractivity contribution is 5.86. The first-order valence-electron chi connectivity index (χ1n) is 12.9. The van der Waals surface area contributed by atoms with Crippen LogP contribution in [0.4, 0.5) is 0 Å². The Balaban J connectivity index is 1.39. The lowest BCUT2D eigenvalue weighted by molar-refractivity contribution is -0.133. The summed E-state index contributed by atoms with van der Waals surface area (Å²) < 4.78 is 13.3. The number of piperazine rings is 1. The Morgan fingerprint density at radius 2 is 1.51 bits per heavy atom. The van der Waals surface area contributed by atoms with Crippen LogP contribution in [-0.4, -0.2) is 60.7 Å². The first-order chi connectivity index (χ1) is 18.1. The van der Waals surface area contributed by atoms with Gasteiger partial charge in [0.1, 0.15) is 11.5 Å². The number of benzene rings is 3. The fourth-order valence-electron chi connectivity index (χ4n) is 5.39. The Bertz CT molecular complexity index is 1330. The monoisotopic (exact) mass is 497 g/mol. The van der Waals surface area contributed by atoms with E-state index >= 15 is 0 Å². The predicted octanol–water partition coefficient (Wildman–Crippen LogP) is 5.06. The van der Waals surface area contributed by atoms with Crippen molar-refractivity contribution >= 4 is 16.8 Å². The molecule has 1 aliphatic heterocycles. The number of aryl methyl sites for hydroxylation is 1. The topological polar surface area (TPSA) is 46.9 Å². The van der Waals surface area contributed by atoms with E-state index in [4.69, 9.17) is 9.47 Å². The number of ether oxygens (including phenoxy) is 2. The molecule has 0 spiro atoms. The maximum atomic E-state index is 13.7. The molecule has 3 aromatic carbocycles. The highest BCUT2D eigenvalue weighted by Crippen LogP contribution is 2.38. The van der Waals surface area contributed by atoms with E-state index in [-0.39, 0.29) is 11.8 Å². The Morgan fingerprint density at radius 1 is 0.865 bits per heavy atom. The largest absolute Gasteiger partial charge is 0.497 e. The molecule has 6 nitrogen and oxygen atoms in total. The van der Waals surface area contributed by atoms with Gasteiger partial charge in [-0.15, -0.1) is 0 Å². The van der Waals surface area contributed by atoms with E-state index in [1.807, 2.05) is 29.2 Å². The maximum absolute atomic E-state index is 13.7. The molecule has 1 amide bonds. The van der Waals surface area contributed by atoms with Crippen LogP contribution < -0.4 is 9.47 Å². The first-order valence-corrected chi connectivity index (χ1v) is 12.9. The molecule has 0 saturated carbocycles. The zero-order valence-electron chi connectivity index (χ0n) is 21.9. The minimum absolute atomic E-state index is 0.120. The number of fused-ring (bicyclic) bond motifs is 1. The molecule has 2 heterocycles. The predicted molar refractivity (Wildman–Crippen MR) is 147 cm³/mol. The lowest BCUT2D eigenvalue weighted by atomic mass is 9.87. The number of aromatic nitrogens is 1. The number of nitrogens with zero attached hydrogens (tertiary/aromatic N) is 3. The molecule has 6 heteroatoms. The van der Waals surface area contributed by atoms with Crippen LogP contribution in [0.3, 0.4) is 0 Å². The summed E-state index contributed by atoms with van der Waals surface area (Å²) in [7, 11) is 5.37. The van der Waals surface area contributed by atoms with Crippen LogP contribution in [-0.2, 0) is 18.4 Å². The second kappa shape index (κ2) is 11.1. The van der Waals surface area contributed by atoms with E-state index < -0.39 is 0 Å². The van der Waals surface area contributed by atoms with E-state index in [1.54, 1.807) is 14.2 Å². The van der Waals surface area contributed by atoms with Crippen molar-refractivity contribution in [3.63, 3.8) is 0 Å². The SMILES string of the molecule is COc1cc(OC)cc(C(CC(=O)N2CCN(Cc3ccccc3)CC2)c2cn(C)c3ccccc23)c1. The zero-order chi connectivity index (χ0) is 25.8. The summed E-state index contributed by atoms with van der Waals surface area (Å²) in [5.41, 5.74) is 4.62. The number of rotatable bonds is 8. The van der Waals surface area contributed by atoms with E-state index in [0.29, 0.717) is 6.42 Å². The Hall–Kier alpha value is -3.77. The third-order valence-corrected chi connectivity index (χ3v) is 7.43. The number of carbonyl (C=O) groups is 1. The lowest BCUT2D eigenvalue weighted by Crippen LogP contribution is -2.48.